The Bertz CT molecular complexity index is 340. The Balaban J connectivity index is 2.20. The number of nitrogens with zero attached hydrogens (tertiary/aromatic N) is 1. The average Bonchev–Trinajstić information content (AvgIpc) is 2.28. The third kappa shape index (κ3) is 4.82. The average molecular weight is 203 g/mol. The minimum Gasteiger partial charge on any atom is -0.465 e. The lowest BCUT2D eigenvalue weighted by Gasteiger charge is -2.02. The van der Waals surface area contributed by atoms with Crippen LogP contribution < -0.4 is 0 Å². The molecular formula is C12H13NO2. The predicted molar refractivity (Wildman–Crippen MR) is 56.0 cm³/mol. The Hall–Kier alpha value is -1.82. The van der Waals surface area contributed by atoms with Crippen LogP contribution in [0, 0.1) is 11.3 Å². The largest absolute Gasteiger partial charge is 0.465 e. The van der Waals surface area contributed by atoms with Crippen molar-refractivity contribution in [3.05, 3.63) is 35.9 Å². The van der Waals surface area contributed by atoms with E-state index < -0.39 is 0 Å². The third-order valence-electron chi connectivity index (χ3n) is 1.94. The Labute approximate surface area is 89.3 Å². The van der Waals surface area contributed by atoms with Crippen molar-refractivity contribution in [2.45, 2.75) is 19.3 Å². The number of aryl methyl sites for hydroxylation is 1. The topological polar surface area (TPSA) is 50.1 Å². The molecular weight excluding hydrogens is 190 g/mol. The molecule has 3 heteroatoms. The van der Waals surface area contributed by atoms with Crippen LogP contribution in [-0.2, 0) is 16.0 Å². The normalized spacial score (nSPS) is 9.27. The smallest absolute Gasteiger partial charge is 0.306 e. The molecule has 0 spiro atoms. The lowest BCUT2D eigenvalue weighted by atomic mass is 10.1. The van der Waals surface area contributed by atoms with E-state index in [1.807, 2.05) is 36.4 Å². The summed E-state index contributed by atoms with van der Waals surface area (Å²) >= 11 is 0. The van der Waals surface area contributed by atoms with Crippen molar-refractivity contribution in [1.29, 1.82) is 5.26 Å². The van der Waals surface area contributed by atoms with Crippen molar-refractivity contribution in [2.24, 2.45) is 0 Å². The van der Waals surface area contributed by atoms with Gasteiger partial charge in [-0.3, -0.25) is 4.79 Å². The van der Waals surface area contributed by atoms with Gasteiger partial charge in [-0.15, -0.1) is 0 Å². The van der Waals surface area contributed by atoms with E-state index in [4.69, 9.17) is 10.00 Å². The molecule has 1 rings (SSSR count). The van der Waals surface area contributed by atoms with Gasteiger partial charge in [0.25, 0.3) is 0 Å². The molecule has 1 aromatic rings. The monoisotopic (exact) mass is 203 g/mol. The van der Waals surface area contributed by atoms with Crippen molar-refractivity contribution >= 4 is 5.97 Å². The van der Waals surface area contributed by atoms with Crippen LogP contribution >= 0.6 is 0 Å². The zero-order chi connectivity index (χ0) is 10.9. The van der Waals surface area contributed by atoms with Gasteiger partial charge in [-0.05, 0) is 12.0 Å². The lowest BCUT2D eigenvalue weighted by molar-refractivity contribution is -0.143. The van der Waals surface area contributed by atoms with Crippen LogP contribution in [0.3, 0.4) is 0 Å². The lowest BCUT2D eigenvalue weighted by Crippen LogP contribution is -2.06. The maximum atomic E-state index is 11.2. The minimum atomic E-state index is -0.242. The summed E-state index contributed by atoms with van der Waals surface area (Å²) in [6.45, 7) is 0.199. The van der Waals surface area contributed by atoms with Gasteiger partial charge in [0.2, 0.25) is 0 Å². The van der Waals surface area contributed by atoms with E-state index in [2.05, 4.69) is 0 Å². The number of esters is 1. The van der Waals surface area contributed by atoms with Gasteiger partial charge in [-0.2, -0.15) is 5.26 Å². The number of carbonyl (C=O) groups is 1. The molecule has 0 aliphatic heterocycles. The molecule has 0 aromatic heterocycles. The number of rotatable bonds is 5. The standard InChI is InChI=1S/C12H13NO2/c13-9-4-10-15-12(14)8-7-11-5-2-1-3-6-11/h1-3,5-6H,4,7-8,10H2. The molecule has 0 bridgehead atoms. The SMILES string of the molecule is N#CCCOC(=O)CCc1ccccc1. The van der Waals surface area contributed by atoms with Crippen LogP contribution in [0.25, 0.3) is 0 Å². The summed E-state index contributed by atoms with van der Waals surface area (Å²) in [7, 11) is 0. The fourth-order valence-corrected chi connectivity index (χ4v) is 1.17. The van der Waals surface area contributed by atoms with Crippen LogP contribution in [0.2, 0.25) is 0 Å². The molecule has 0 aliphatic rings. The minimum absolute atomic E-state index is 0.199. The van der Waals surface area contributed by atoms with E-state index in [1.165, 1.54) is 0 Å². The molecule has 0 fully saturated rings. The van der Waals surface area contributed by atoms with Gasteiger partial charge < -0.3 is 4.74 Å². The first-order valence-corrected chi connectivity index (χ1v) is 4.89. The van der Waals surface area contributed by atoms with E-state index in [0.717, 1.165) is 5.56 Å². The zero-order valence-electron chi connectivity index (χ0n) is 8.48. The Morgan fingerprint density at radius 3 is 2.73 bits per heavy atom. The molecule has 0 N–H and O–H groups in total. The second-order valence-electron chi connectivity index (χ2n) is 3.11. The molecule has 0 aliphatic carbocycles. The van der Waals surface area contributed by atoms with Crippen molar-refractivity contribution in [3.8, 4) is 6.07 Å². The predicted octanol–water partition coefficient (Wildman–Crippen LogP) is 2.08. The molecule has 0 saturated carbocycles. The highest BCUT2D eigenvalue weighted by Crippen LogP contribution is 2.03. The highest BCUT2D eigenvalue weighted by molar-refractivity contribution is 5.69. The molecule has 0 amide bonds. The zero-order valence-corrected chi connectivity index (χ0v) is 8.48. The van der Waals surface area contributed by atoms with Gasteiger partial charge in [0.05, 0.1) is 12.5 Å². The maximum Gasteiger partial charge on any atom is 0.306 e. The number of benzene rings is 1. The van der Waals surface area contributed by atoms with E-state index in [9.17, 15) is 4.79 Å². The third-order valence-corrected chi connectivity index (χ3v) is 1.94. The summed E-state index contributed by atoms with van der Waals surface area (Å²) in [5.41, 5.74) is 1.12. The van der Waals surface area contributed by atoms with Gasteiger partial charge >= 0.3 is 5.97 Å². The first-order valence-electron chi connectivity index (χ1n) is 4.89. The summed E-state index contributed by atoms with van der Waals surface area (Å²) in [6.07, 6.45) is 1.32. The molecule has 0 saturated heterocycles. The Morgan fingerprint density at radius 2 is 2.07 bits per heavy atom. The van der Waals surface area contributed by atoms with Gasteiger partial charge in [0.15, 0.2) is 0 Å². The molecule has 0 heterocycles. The van der Waals surface area contributed by atoms with Gasteiger partial charge in [-0.25, -0.2) is 0 Å². The fraction of sp³-hybridized carbons (Fsp3) is 0.333. The second-order valence-corrected chi connectivity index (χ2v) is 3.11. The molecule has 3 nitrogen and oxygen atoms in total. The fourth-order valence-electron chi connectivity index (χ4n) is 1.17. The molecule has 1 aromatic carbocycles. The van der Waals surface area contributed by atoms with Crippen molar-refractivity contribution in [2.75, 3.05) is 6.61 Å². The van der Waals surface area contributed by atoms with Gasteiger partial charge in [-0.1, -0.05) is 30.3 Å². The molecule has 0 atom stereocenters. The molecule has 0 unspecified atom stereocenters. The van der Waals surface area contributed by atoms with Crippen LogP contribution in [0.15, 0.2) is 30.3 Å². The number of hydrogen-bond acceptors (Lipinski definition) is 3. The maximum absolute atomic E-state index is 11.2. The van der Waals surface area contributed by atoms with E-state index in [0.29, 0.717) is 12.8 Å². The first-order chi connectivity index (χ1) is 7.33. The summed E-state index contributed by atoms with van der Waals surface area (Å²) in [4.78, 5) is 11.2. The van der Waals surface area contributed by atoms with Crippen molar-refractivity contribution in [1.82, 2.24) is 0 Å². The summed E-state index contributed by atoms with van der Waals surface area (Å²) in [5, 5.41) is 8.25. The van der Waals surface area contributed by atoms with E-state index in [-0.39, 0.29) is 19.0 Å². The Morgan fingerprint density at radius 1 is 1.33 bits per heavy atom. The van der Waals surface area contributed by atoms with Crippen LogP contribution in [-0.4, -0.2) is 12.6 Å². The number of nitriles is 1. The second kappa shape index (κ2) is 6.61. The van der Waals surface area contributed by atoms with Crippen LogP contribution in [0.4, 0.5) is 0 Å². The number of carbonyl (C=O) groups excluding carboxylic acids is 1. The van der Waals surface area contributed by atoms with Gasteiger partial charge in [0, 0.05) is 6.42 Å². The first kappa shape index (κ1) is 11.3. The number of hydrogen-bond donors (Lipinski definition) is 0. The summed E-state index contributed by atoms with van der Waals surface area (Å²) in [5.74, 6) is -0.242. The highest BCUT2D eigenvalue weighted by atomic mass is 16.5. The molecule has 15 heavy (non-hydrogen) atoms. The van der Waals surface area contributed by atoms with E-state index in [1.54, 1.807) is 0 Å². The summed E-state index contributed by atoms with van der Waals surface area (Å²) < 4.78 is 4.84. The van der Waals surface area contributed by atoms with Crippen LogP contribution in [0.1, 0.15) is 18.4 Å². The van der Waals surface area contributed by atoms with Crippen molar-refractivity contribution < 1.29 is 9.53 Å². The number of ether oxygens (including phenoxy) is 1. The molecule has 0 radical (unpaired) electrons. The quantitative estimate of drug-likeness (QED) is 0.543. The summed E-state index contributed by atoms with van der Waals surface area (Å²) in [6, 6.07) is 11.7. The van der Waals surface area contributed by atoms with Crippen molar-refractivity contribution in [3.63, 3.8) is 0 Å². The highest BCUT2D eigenvalue weighted by Gasteiger charge is 2.02. The molecule has 78 valence electrons. The van der Waals surface area contributed by atoms with E-state index >= 15 is 0 Å². The Kier molecular flexibility index (Phi) is 4.96. The van der Waals surface area contributed by atoms with Crippen LogP contribution in [0.5, 0.6) is 0 Å². The van der Waals surface area contributed by atoms with Gasteiger partial charge in [0.1, 0.15) is 6.61 Å².